The van der Waals surface area contributed by atoms with Gasteiger partial charge in [0.2, 0.25) is 0 Å². The molecule has 0 aromatic carbocycles. The normalized spacial score (nSPS) is 9.75. The van der Waals surface area contributed by atoms with Crippen LogP contribution in [0.15, 0.2) is 23.6 Å². The molecule has 86 valence electrons. The number of aromatic amines is 2. The lowest BCUT2D eigenvalue weighted by Crippen LogP contribution is -2.36. The summed E-state index contributed by atoms with van der Waals surface area (Å²) in [6.45, 7) is 3.07. The second-order valence-corrected chi connectivity index (χ2v) is 3.02. The van der Waals surface area contributed by atoms with E-state index in [-0.39, 0.29) is 12.2 Å². The SMILES string of the molecule is C=CCN(CC(=O)O)C(=O)c1c[nH]c(=O)[nH]1. The molecule has 16 heavy (non-hydrogen) atoms. The molecular weight excluding hydrogens is 214 g/mol. The summed E-state index contributed by atoms with van der Waals surface area (Å²) in [4.78, 5) is 38.6. The van der Waals surface area contributed by atoms with Crippen LogP contribution in [0.3, 0.4) is 0 Å². The molecule has 0 radical (unpaired) electrons. The molecule has 1 aromatic rings. The second-order valence-electron chi connectivity index (χ2n) is 3.02. The Morgan fingerprint density at radius 2 is 2.25 bits per heavy atom. The Balaban J connectivity index is 2.85. The van der Waals surface area contributed by atoms with Gasteiger partial charge in [0.15, 0.2) is 0 Å². The van der Waals surface area contributed by atoms with Crippen molar-refractivity contribution in [2.24, 2.45) is 0 Å². The number of imidazole rings is 1. The highest BCUT2D eigenvalue weighted by atomic mass is 16.4. The smallest absolute Gasteiger partial charge is 0.323 e. The van der Waals surface area contributed by atoms with Gasteiger partial charge < -0.3 is 20.0 Å². The van der Waals surface area contributed by atoms with Crippen LogP contribution in [-0.4, -0.2) is 44.9 Å². The molecule has 0 aliphatic heterocycles. The summed E-state index contributed by atoms with van der Waals surface area (Å²) >= 11 is 0. The highest BCUT2D eigenvalue weighted by Gasteiger charge is 2.18. The molecule has 1 amide bonds. The first-order valence-electron chi connectivity index (χ1n) is 4.44. The summed E-state index contributed by atoms with van der Waals surface area (Å²) in [5.41, 5.74) is -0.495. The van der Waals surface area contributed by atoms with Gasteiger partial charge in [0.1, 0.15) is 12.2 Å². The van der Waals surface area contributed by atoms with Crippen LogP contribution in [0.1, 0.15) is 10.5 Å². The largest absolute Gasteiger partial charge is 0.480 e. The highest BCUT2D eigenvalue weighted by molar-refractivity contribution is 5.94. The van der Waals surface area contributed by atoms with E-state index in [1.165, 1.54) is 12.3 Å². The molecular formula is C9H11N3O4. The van der Waals surface area contributed by atoms with Crippen molar-refractivity contribution in [2.45, 2.75) is 0 Å². The Kier molecular flexibility index (Phi) is 3.65. The van der Waals surface area contributed by atoms with Crippen molar-refractivity contribution in [1.29, 1.82) is 0 Å². The lowest BCUT2D eigenvalue weighted by atomic mass is 10.3. The molecule has 0 saturated heterocycles. The van der Waals surface area contributed by atoms with Gasteiger partial charge >= 0.3 is 11.7 Å². The van der Waals surface area contributed by atoms with Gasteiger partial charge in [0.05, 0.1) is 0 Å². The Labute approximate surface area is 90.4 Å². The first-order chi connectivity index (χ1) is 7.54. The average molecular weight is 225 g/mol. The van der Waals surface area contributed by atoms with Crippen molar-refractivity contribution in [1.82, 2.24) is 14.9 Å². The Bertz CT molecular complexity index is 459. The number of rotatable bonds is 5. The van der Waals surface area contributed by atoms with Crippen LogP contribution in [0.2, 0.25) is 0 Å². The number of amides is 1. The predicted molar refractivity (Wildman–Crippen MR) is 55.1 cm³/mol. The fourth-order valence-corrected chi connectivity index (χ4v) is 1.16. The van der Waals surface area contributed by atoms with Gasteiger partial charge in [-0.3, -0.25) is 9.59 Å². The molecule has 0 fully saturated rings. The Hall–Kier alpha value is -2.31. The van der Waals surface area contributed by atoms with E-state index in [9.17, 15) is 14.4 Å². The van der Waals surface area contributed by atoms with Crippen LogP contribution in [0.4, 0.5) is 0 Å². The van der Waals surface area contributed by atoms with E-state index in [1.807, 2.05) is 0 Å². The number of carboxylic acid groups (broad SMARTS) is 1. The van der Waals surface area contributed by atoms with Gasteiger partial charge in [-0.25, -0.2) is 4.79 Å². The summed E-state index contributed by atoms with van der Waals surface area (Å²) in [5, 5.41) is 8.60. The number of aliphatic carboxylic acids is 1. The monoisotopic (exact) mass is 225 g/mol. The minimum Gasteiger partial charge on any atom is -0.480 e. The second kappa shape index (κ2) is 4.96. The van der Waals surface area contributed by atoms with Crippen molar-refractivity contribution in [3.8, 4) is 0 Å². The maximum Gasteiger partial charge on any atom is 0.323 e. The lowest BCUT2D eigenvalue weighted by Gasteiger charge is -2.17. The van der Waals surface area contributed by atoms with Crippen molar-refractivity contribution in [3.63, 3.8) is 0 Å². The summed E-state index contributed by atoms with van der Waals surface area (Å²) in [6, 6.07) is 0. The molecule has 0 spiro atoms. The number of nitrogens with one attached hydrogen (secondary N) is 2. The van der Waals surface area contributed by atoms with Gasteiger partial charge in [-0.2, -0.15) is 0 Å². The number of hydrogen-bond acceptors (Lipinski definition) is 3. The van der Waals surface area contributed by atoms with E-state index < -0.39 is 24.1 Å². The zero-order valence-corrected chi connectivity index (χ0v) is 8.40. The number of nitrogens with zero attached hydrogens (tertiary/aromatic N) is 1. The number of hydrogen-bond donors (Lipinski definition) is 3. The topological polar surface area (TPSA) is 106 Å². The Morgan fingerprint density at radius 3 is 2.69 bits per heavy atom. The number of H-pyrrole nitrogens is 2. The van der Waals surface area contributed by atoms with Crippen LogP contribution in [0, 0.1) is 0 Å². The Morgan fingerprint density at radius 1 is 1.56 bits per heavy atom. The van der Waals surface area contributed by atoms with E-state index >= 15 is 0 Å². The molecule has 0 saturated carbocycles. The molecule has 1 rings (SSSR count). The summed E-state index contributed by atoms with van der Waals surface area (Å²) in [6.07, 6.45) is 2.61. The van der Waals surface area contributed by atoms with Crippen LogP contribution in [0.5, 0.6) is 0 Å². The van der Waals surface area contributed by atoms with Crippen molar-refractivity contribution in [3.05, 3.63) is 35.0 Å². The molecule has 0 aliphatic carbocycles. The van der Waals surface area contributed by atoms with Crippen LogP contribution < -0.4 is 5.69 Å². The zero-order valence-electron chi connectivity index (χ0n) is 8.40. The number of aromatic nitrogens is 2. The first kappa shape index (κ1) is 11.8. The van der Waals surface area contributed by atoms with Crippen LogP contribution >= 0.6 is 0 Å². The predicted octanol–water partition coefficient (Wildman–Crippen LogP) is -0.584. The van der Waals surface area contributed by atoms with Gasteiger partial charge in [0.25, 0.3) is 5.91 Å². The number of carbonyl (C=O) groups is 2. The standard InChI is InChI=1S/C9H11N3O4/c1-2-3-12(5-7(13)14)8(15)6-4-10-9(16)11-6/h2,4H,1,3,5H2,(H,13,14)(H2,10,11,16). The van der Waals surface area contributed by atoms with Gasteiger partial charge in [-0.05, 0) is 0 Å². The molecule has 0 atom stereocenters. The number of carboxylic acids is 1. The maximum atomic E-state index is 11.7. The maximum absolute atomic E-state index is 11.7. The van der Waals surface area contributed by atoms with Crippen LogP contribution in [-0.2, 0) is 4.79 Å². The average Bonchev–Trinajstić information content (AvgIpc) is 2.62. The summed E-state index contributed by atoms with van der Waals surface area (Å²) in [7, 11) is 0. The fraction of sp³-hybridized carbons (Fsp3) is 0.222. The molecule has 3 N–H and O–H groups in total. The minimum absolute atomic E-state index is 0.0214. The molecule has 1 heterocycles. The third-order valence-electron chi connectivity index (χ3n) is 1.79. The molecule has 7 heteroatoms. The highest BCUT2D eigenvalue weighted by Crippen LogP contribution is 1.99. The molecule has 1 aromatic heterocycles. The number of carbonyl (C=O) groups excluding carboxylic acids is 1. The molecule has 7 nitrogen and oxygen atoms in total. The molecule has 0 aliphatic rings. The van der Waals surface area contributed by atoms with Gasteiger partial charge in [-0.15, -0.1) is 6.58 Å². The zero-order chi connectivity index (χ0) is 12.1. The summed E-state index contributed by atoms with van der Waals surface area (Å²) < 4.78 is 0. The van der Waals surface area contributed by atoms with Crippen molar-refractivity contribution < 1.29 is 14.7 Å². The van der Waals surface area contributed by atoms with Crippen molar-refractivity contribution >= 4 is 11.9 Å². The van der Waals surface area contributed by atoms with E-state index in [4.69, 9.17) is 5.11 Å². The van der Waals surface area contributed by atoms with Gasteiger partial charge in [-0.1, -0.05) is 6.08 Å². The van der Waals surface area contributed by atoms with E-state index in [0.717, 1.165) is 4.90 Å². The fourth-order valence-electron chi connectivity index (χ4n) is 1.16. The summed E-state index contributed by atoms with van der Waals surface area (Å²) in [5.74, 6) is -1.70. The minimum atomic E-state index is -1.13. The van der Waals surface area contributed by atoms with E-state index in [1.54, 1.807) is 0 Å². The molecule has 0 bridgehead atoms. The van der Waals surface area contributed by atoms with E-state index in [0.29, 0.717) is 0 Å². The van der Waals surface area contributed by atoms with Crippen molar-refractivity contribution in [2.75, 3.05) is 13.1 Å². The molecule has 0 unspecified atom stereocenters. The van der Waals surface area contributed by atoms with E-state index in [2.05, 4.69) is 16.5 Å². The third kappa shape index (κ3) is 2.84. The van der Waals surface area contributed by atoms with Gasteiger partial charge in [0, 0.05) is 12.7 Å². The quantitative estimate of drug-likeness (QED) is 0.582. The van der Waals surface area contributed by atoms with Crippen LogP contribution in [0.25, 0.3) is 0 Å². The lowest BCUT2D eigenvalue weighted by molar-refractivity contribution is -0.137. The first-order valence-corrected chi connectivity index (χ1v) is 4.44. The third-order valence-corrected chi connectivity index (χ3v) is 1.79.